The summed E-state index contributed by atoms with van der Waals surface area (Å²) in [6.07, 6.45) is 1.40. The molecule has 0 aliphatic heterocycles. The molecule has 0 fully saturated rings. The number of carbonyl (C=O) groups is 1. The minimum atomic E-state index is -0.474. The molecule has 1 radical (unpaired) electrons. The molecule has 17 heavy (non-hydrogen) atoms. The molecule has 0 aliphatic rings. The average molecular weight is 234 g/mol. The van der Waals surface area contributed by atoms with Gasteiger partial charge >= 0.3 is 6.09 Å². The molecule has 0 atom stereocenters. The molecule has 1 aromatic carbocycles. The van der Waals surface area contributed by atoms with E-state index in [0.717, 1.165) is 18.5 Å². The fourth-order valence-corrected chi connectivity index (χ4v) is 1.38. The molecule has 0 saturated heterocycles. The highest BCUT2D eigenvalue weighted by atomic mass is 16.6. The van der Waals surface area contributed by atoms with Crippen molar-refractivity contribution in [3.8, 4) is 0 Å². The molecule has 0 spiro atoms. The van der Waals surface area contributed by atoms with Gasteiger partial charge in [0.2, 0.25) is 0 Å². The Morgan fingerprint density at radius 2 is 1.88 bits per heavy atom. The van der Waals surface area contributed by atoms with Gasteiger partial charge in [0.1, 0.15) is 5.60 Å². The summed E-state index contributed by atoms with van der Waals surface area (Å²) in [5.74, 6) is 0. The van der Waals surface area contributed by atoms with Crippen LogP contribution in [-0.4, -0.2) is 11.7 Å². The number of ether oxygens (including phenoxy) is 1. The summed E-state index contributed by atoms with van der Waals surface area (Å²) >= 11 is 0. The number of anilines is 1. The first-order valence-electron chi connectivity index (χ1n) is 5.79. The highest BCUT2D eigenvalue weighted by Crippen LogP contribution is 2.13. The van der Waals surface area contributed by atoms with Gasteiger partial charge in [-0.15, -0.1) is 0 Å². The Morgan fingerprint density at radius 3 is 2.35 bits per heavy atom. The minimum absolute atomic E-state index is 0.428. The van der Waals surface area contributed by atoms with Crippen molar-refractivity contribution in [2.45, 2.75) is 39.2 Å². The Labute approximate surface area is 103 Å². The molecule has 0 aliphatic carbocycles. The standard InChI is InChI=1S/C14H20NO2/c1-5-6-11-7-9-12(10-8-11)15-13(16)17-14(2,3)4/h7-10H,1,5-6H2,2-4H3,(H,15,16). The zero-order valence-corrected chi connectivity index (χ0v) is 10.7. The number of amides is 1. The monoisotopic (exact) mass is 234 g/mol. The first kappa shape index (κ1) is 13.6. The van der Waals surface area contributed by atoms with Crippen molar-refractivity contribution >= 4 is 11.8 Å². The quantitative estimate of drug-likeness (QED) is 0.863. The molecule has 1 aromatic rings. The molecule has 0 bridgehead atoms. The summed E-state index contributed by atoms with van der Waals surface area (Å²) in [7, 11) is 0. The maximum absolute atomic E-state index is 11.5. The minimum Gasteiger partial charge on any atom is -0.444 e. The fraction of sp³-hybridized carbons (Fsp3) is 0.429. The van der Waals surface area contributed by atoms with Crippen LogP contribution in [0.15, 0.2) is 24.3 Å². The lowest BCUT2D eigenvalue weighted by Crippen LogP contribution is -2.27. The van der Waals surface area contributed by atoms with Crippen LogP contribution < -0.4 is 5.32 Å². The molecule has 0 heterocycles. The van der Waals surface area contributed by atoms with Crippen LogP contribution in [0.3, 0.4) is 0 Å². The predicted octanol–water partition coefficient (Wildman–Crippen LogP) is 3.80. The molecule has 1 rings (SSSR count). The lowest BCUT2D eigenvalue weighted by Gasteiger charge is -2.19. The van der Waals surface area contributed by atoms with Crippen LogP contribution >= 0.6 is 0 Å². The van der Waals surface area contributed by atoms with Gasteiger partial charge in [0, 0.05) is 5.69 Å². The predicted molar refractivity (Wildman–Crippen MR) is 70.0 cm³/mol. The Balaban J connectivity index is 2.54. The Hall–Kier alpha value is -1.51. The number of nitrogens with one attached hydrogen (secondary N) is 1. The van der Waals surface area contributed by atoms with E-state index in [1.165, 1.54) is 5.56 Å². The van der Waals surface area contributed by atoms with Crippen LogP contribution in [-0.2, 0) is 11.2 Å². The van der Waals surface area contributed by atoms with Gasteiger partial charge in [-0.1, -0.05) is 19.1 Å². The molecule has 3 nitrogen and oxygen atoms in total. The van der Waals surface area contributed by atoms with Gasteiger partial charge < -0.3 is 4.74 Å². The number of benzene rings is 1. The number of hydrogen-bond donors (Lipinski definition) is 1. The summed E-state index contributed by atoms with van der Waals surface area (Å²) in [4.78, 5) is 11.5. The second kappa shape index (κ2) is 5.71. The second-order valence-corrected chi connectivity index (χ2v) is 4.93. The molecular formula is C14H20NO2. The van der Waals surface area contributed by atoms with Crippen molar-refractivity contribution in [3.63, 3.8) is 0 Å². The molecular weight excluding hydrogens is 214 g/mol. The largest absolute Gasteiger partial charge is 0.444 e. The topological polar surface area (TPSA) is 38.3 Å². The van der Waals surface area contributed by atoms with Crippen molar-refractivity contribution in [1.82, 2.24) is 0 Å². The molecule has 93 valence electrons. The van der Waals surface area contributed by atoms with Gasteiger partial charge in [-0.2, -0.15) is 0 Å². The number of hydrogen-bond acceptors (Lipinski definition) is 2. The number of rotatable bonds is 3. The van der Waals surface area contributed by atoms with Crippen molar-refractivity contribution in [2.24, 2.45) is 0 Å². The number of aryl methyl sites for hydroxylation is 1. The van der Waals surface area contributed by atoms with E-state index >= 15 is 0 Å². The molecule has 1 amide bonds. The molecule has 0 unspecified atom stereocenters. The van der Waals surface area contributed by atoms with E-state index in [-0.39, 0.29) is 0 Å². The van der Waals surface area contributed by atoms with Crippen molar-refractivity contribution in [1.29, 1.82) is 0 Å². The Kier molecular flexibility index (Phi) is 4.55. The van der Waals surface area contributed by atoms with Crippen LogP contribution in [0.2, 0.25) is 0 Å². The summed E-state index contributed by atoms with van der Waals surface area (Å²) in [6.45, 7) is 9.31. The Morgan fingerprint density at radius 1 is 1.29 bits per heavy atom. The van der Waals surface area contributed by atoms with Gasteiger partial charge in [-0.25, -0.2) is 4.79 Å². The highest BCUT2D eigenvalue weighted by molar-refractivity contribution is 5.84. The molecule has 0 saturated carbocycles. The average Bonchev–Trinajstić information content (AvgIpc) is 2.18. The van der Waals surface area contributed by atoms with Crippen LogP contribution in [0.25, 0.3) is 0 Å². The van der Waals surface area contributed by atoms with Crippen molar-refractivity contribution in [2.75, 3.05) is 5.32 Å². The summed E-state index contributed by atoms with van der Waals surface area (Å²) in [5, 5.41) is 2.69. The van der Waals surface area contributed by atoms with Gasteiger partial charge in [0.05, 0.1) is 0 Å². The van der Waals surface area contributed by atoms with E-state index < -0.39 is 11.7 Å². The van der Waals surface area contributed by atoms with E-state index in [4.69, 9.17) is 4.74 Å². The zero-order valence-electron chi connectivity index (χ0n) is 10.7. The third kappa shape index (κ3) is 5.38. The van der Waals surface area contributed by atoms with Crippen molar-refractivity contribution in [3.05, 3.63) is 36.8 Å². The zero-order chi connectivity index (χ0) is 12.9. The lowest BCUT2D eigenvalue weighted by atomic mass is 10.1. The van der Waals surface area contributed by atoms with Gasteiger partial charge in [0.15, 0.2) is 0 Å². The lowest BCUT2D eigenvalue weighted by molar-refractivity contribution is 0.0636. The van der Waals surface area contributed by atoms with E-state index in [0.29, 0.717) is 0 Å². The first-order chi connectivity index (χ1) is 7.90. The highest BCUT2D eigenvalue weighted by Gasteiger charge is 2.15. The number of carbonyl (C=O) groups excluding carboxylic acids is 1. The maximum Gasteiger partial charge on any atom is 0.412 e. The van der Waals surface area contributed by atoms with Crippen LogP contribution in [0.1, 0.15) is 32.8 Å². The van der Waals surface area contributed by atoms with E-state index in [9.17, 15) is 4.79 Å². The second-order valence-electron chi connectivity index (χ2n) is 4.93. The summed E-state index contributed by atoms with van der Waals surface area (Å²) in [6, 6.07) is 7.71. The van der Waals surface area contributed by atoms with Gasteiger partial charge in [-0.05, 0) is 51.3 Å². The summed E-state index contributed by atoms with van der Waals surface area (Å²) in [5.41, 5.74) is 1.49. The SMILES string of the molecule is [CH2]CCc1ccc(NC(=O)OC(C)(C)C)cc1. The molecule has 1 N–H and O–H groups in total. The normalized spacial score (nSPS) is 11.1. The third-order valence-corrected chi connectivity index (χ3v) is 2.06. The van der Waals surface area contributed by atoms with Crippen LogP contribution in [0.5, 0.6) is 0 Å². The maximum atomic E-state index is 11.5. The fourth-order valence-electron chi connectivity index (χ4n) is 1.38. The van der Waals surface area contributed by atoms with E-state index in [2.05, 4.69) is 12.2 Å². The molecule has 0 aromatic heterocycles. The first-order valence-corrected chi connectivity index (χ1v) is 5.79. The van der Waals surface area contributed by atoms with Crippen LogP contribution in [0, 0.1) is 6.92 Å². The molecule has 3 heteroatoms. The van der Waals surface area contributed by atoms with Gasteiger partial charge in [0.25, 0.3) is 0 Å². The summed E-state index contributed by atoms with van der Waals surface area (Å²) < 4.78 is 5.16. The van der Waals surface area contributed by atoms with E-state index in [1.807, 2.05) is 45.0 Å². The van der Waals surface area contributed by atoms with Crippen molar-refractivity contribution < 1.29 is 9.53 Å². The van der Waals surface area contributed by atoms with Crippen LogP contribution in [0.4, 0.5) is 10.5 Å². The Bertz CT molecular complexity index is 363. The third-order valence-electron chi connectivity index (χ3n) is 2.06. The van der Waals surface area contributed by atoms with E-state index in [1.54, 1.807) is 0 Å². The van der Waals surface area contributed by atoms with Gasteiger partial charge in [-0.3, -0.25) is 5.32 Å². The smallest absolute Gasteiger partial charge is 0.412 e.